The van der Waals surface area contributed by atoms with E-state index in [1.165, 1.54) is 0 Å². The van der Waals surface area contributed by atoms with Crippen LogP contribution in [0.1, 0.15) is 40.4 Å². The predicted molar refractivity (Wildman–Crippen MR) is 101 cm³/mol. The van der Waals surface area contributed by atoms with Gasteiger partial charge in [-0.15, -0.1) is 11.3 Å². The number of ether oxygens (including phenoxy) is 1. The van der Waals surface area contributed by atoms with Crippen LogP contribution in [-0.2, 0) is 17.8 Å². The van der Waals surface area contributed by atoms with E-state index in [1.807, 2.05) is 62.5 Å². The molecule has 0 fully saturated rings. The molecule has 2 heterocycles. The zero-order chi connectivity index (χ0) is 18.5. The number of aryl methyl sites for hydroxylation is 2. The van der Waals surface area contributed by atoms with E-state index in [1.54, 1.807) is 11.3 Å². The molecular formula is C20H22N2O3S. The Balaban J connectivity index is 1.52. The van der Waals surface area contributed by atoms with Crippen molar-refractivity contribution in [1.82, 2.24) is 10.5 Å². The van der Waals surface area contributed by atoms with Crippen LogP contribution in [0, 0.1) is 13.8 Å². The molecule has 0 aliphatic heterocycles. The Hall–Kier alpha value is -2.60. The summed E-state index contributed by atoms with van der Waals surface area (Å²) < 4.78 is 10.9. The minimum Gasteiger partial charge on any atom is -0.489 e. The molecule has 1 aromatic carbocycles. The van der Waals surface area contributed by atoms with Crippen LogP contribution in [0.25, 0.3) is 0 Å². The fourth-order valence-electron chi connectivity index (χ4n) is 2.65. The van der Waals surface area contributed by atoms with Gasteiger partial charge in [-0.05, 0) is 49.9 Å². The lowest BCUT2D eigenvalue weighted by Crippen LogP contribution is -2.27. The van der Waals surface area contributed by atoms with Crippen LogP contribution in [0.5, 0.6) is 5.75 Å². The number of amides is 1. The van der Waals surface area contributed by atoms with E-state index in [4.69, 9.17) is 9.26 Å². The van der Waals surface area contributed by atoms with Crippen molar-refractivity contribution in [3.63, 3.8) is 0 Å². The van der Waals surface area contributed by atoms with Gasteiger partial charge in [-0.3, -0.25) is 4.79 Å². The summed E-state index contributed by atoms with van der Waals surface area (Å²) in [6.45, 7) is 6.18. The van der Waals surface area contributed by atoms with Gasteiger partial charge < -0.3 is 14.6 Å². The summed E-state index contributed by atoms with van der Waals surface area (Å²) in [7, 11) is 0. The smallest absolute Gasteiger partial charge is 0.224 e. The molecule has 0 saturated heterocycles. The Kier molecular flexibility index (Phi) is 5.73. The maximum absolute atomic E-state index is 12.2. The summed E-state index contributed by atoms with van der Waals surface area (Å²) >= 11 is 1.65. The second kappa shape index (κ2) is 8.19. The molecule has 1 N–H and O–H groups in total. The first-order chi connectivity index (χ1) is 12.5. The number of nitrogens with zero attached hydrogens (tertiary/aromatic N) is 1. The van der Waals surface area contributed by atoms with Crippen LogP contribution in [0.2, 0.25) is 0 Å². The van der Waals surface area contributed by atoms with Gasteiger partial charge in [0.05, 0.1) is 23.7 Å². The minimum absolute atomic E-state index is 0.00953. The van der Waals surface area contributed by atoms with Gasteiger partial charge in [0.15, 0.2) is 0 Å². The van der Waals surface area contributed by atoms with E-state index in [-0.39, 0.29) is 11.9 Å². The van der Waals surface area contributed by atoms with Crippen LogP contribution in [0.3, 0.4) is 0 Å². The zero-order valence-corrected chi connectivity index (χ0v) is 15.9. The highest BCUT2D eigenvalue weighted by atomic mass is 32.1. The van der Waals surface area contributed by atoms with E-state index >= 15 is 0 Å². The SMILES string of the molecule is Cc1noc(C)c1COc1ccc(CC(=O)NC(C)c2cccs2)cc1. The molecule has 0 radical (unpaired) electrons. The Morgan fingerprint density at radius 1 is 1.27 bits per heavy atom. The van der Waals surface area contributed by atoms with Crippen LogP contribution in [0.4, 0.5) is 0 Å². The summed E-state index contributed by atoms with van der Waals surface area (Å²) in [5.74, 6) is 1.53. The summed E-state index contributed by atoms with van der Waals surface area (Å²) in [6.07, 6.45) is 0.347. The molecule has 26 heavy (non-hydrogen) atoms. The van der Waals surface area contributed by atoms with Crippen molar-refractivity contribution in [3.8, 4) is 5.75 Å². The second-order valence-electron chi connectivity index (χ2n) is 6.22. The van der Waals surface area contributed by atoms with E-state index in [0.29, 0.717) is 13.0 Å². The Labute approximate surface area is 157 Å². The molecule has 0 spiro atoms. The van der Waals surface area contributed by atoms with Gasteiger partial charge in [-0.1, -0.05) is 23.4 Å². The van der Waals surface area contributed by atoms with E-state index < -0.39 is 0 Å². The number of carbonyl (C=O) groups excluding carboxylic acids is 1. The number of thiophene rings is 1. The number of nitrogens with one attached hydrogen (secondary N) is 1. The maximum Gasteiger partial charge on any atom is 0.224 e. The van der Waals surface area contributed by atoms with Gasteiger partial charge in [0.1, 0.15) is 18.1 Å². The Bertz CT molecular complexity index is 834. The molecule has 0 aliphatic carbocycles. The quantitative estimate of drug-likeness (QED) is 0.671. The highest BCUT2D eigenvalue weighted by molar-refractivity contribution is 7.10. The molecule has 0 bridgehead atoms. The second-order valence-corrected chi connectivity index (χ2v) is 7.20. The van der Waals surface area contributed by atoms with Crippen molar-refractivity contribution in [2.75, 3.05) is 0 Å². The average molecular weight is 370 g/mol. The van der Waals surface area contributed by atoms with Crippen molar-refractivity contribution in [3.05, 3.63) is 69.2 Å². The number of hydrogen-bond donors (Lipinski definition) is 1. The van der Waals surface area contributed by atoms with Gasteiger partial charge in [0, 0.05) is 4.88 Å². The fraction of sp³-hybridized carbons (Fsp3) is 0.300. The first-order valence-corrected chi connectivity index (χ1v) is 9.37. The lowest BCUT2D eigenvalue weighted by Gasteiger charge is -2.12. The molecule has 1 atom stereocenters. The molecule has 2 aromatic heterocycles. The van der Waals surface area contributed by atoms with Crippen molar-refractivity contribution >= 4 is 17.2 Å². The summed E-state index contributed by atoms with van der Waals surface area (Å²) in [5.41, 5.74) is 2.76. The van der Waals surface area contributed by atoms with Gasteiger partial charge >= 0.3 is 0 Å². The lowest BCUT2D eigenvalue weighted by molar-refractivity contribution is -0.121. The molecule has 3 aromatic rings. The third-order valence-electron chi connectivity index (χ3n) is 4.20. The molecule has 1 amide bonds. The van der Waals surface area contributed by atoms with E-state index in [0.717, 1.165) is 33.2 Å². The number of benzene rings is 1. The van der Waals surface area contributed by atoms with Gasteiger partial charge in [-0.25, -0.2) is 0 Å². The standard InChI is InChI=1S/C20H22N2O3S/c1-13-18(15(3)25-22-13)12-24-17-8-6-16(7-9-17)11-20(23)21-14(2)19-5-4-10-26-19/h4-10,14H,11-12H2,1-3H3,(H,21,23). The normalized spacial score (nSPS) is 12.0. The monoisotopic (exact) mass is 370 g/mol. The summed E-state index contributed by atoms with van der Waals surface area (Å²) in [5, 5.41) is 8.96. The van der Waals surface area contributed by atoms with Crippen molar-refractivity contribution in [1.29, 1.82) is 0 Å². The highest BCUT2D eigenvalue weighted by Gasteiger charge is 2.12. The number of aromatic nitrogens is 1. The number of rotatable bonds is 7. The van der Waals surface area contributed by atoms with Crippen LogP contribution >= 0.6 is 11.3 Å². The number of carbonyl (C=O) groups is 1. The van der Waals surface area contributed by atoms with Gasteiger partial charge in [-0.2, -0.15) is 0 Å². The first kappa shape index (κ1) is 18.2. The Morgan fingerprint density at radius 3 is 2.65 bits per heavy atom. The number of hydrogen-bond acceptors (Lipinski definition) is 5. The first-order valence-electron chi connectivity index (χ1n) is 8.49. The minimum atomic E-state index is 0.00953. The largest absolute Gasteiger partial charge is 0.489 e. The van der Waals surface area contributed by atoms with E-state index in [9.17, 15) is 4.79 Å². The zero-order valence-electron chi connectivity index (χ0n) is 15.1. The van der Waals surface area contributed by atoms with Crippen LogP contribution in [0.15, 0.2) is 46.3 Å². The van der Waals surface area contributed by atoms with Crippen molar-refractivity contribution in [2.45, 2.75) is 39.8 Å². The molecular weight excluding hydrogens is 348 g/mol. The third kappa shape index (κ3) is 4.52. The average Bonchev–Trinajstić information content (AvgIpc) is 3.25. The third-order valence-corrected chi connectivity index (χ3v) is 5.25. The van der Waals surface area contributed by atoms with Crippen LogP contribution < -0.4 is 10.1 Å². The molecule has 0 aliphatic rings. The topological polar surface area (TPSA) is 64.4 Å². The summed E-state index contributed by atoms with van der Waals surface area (Å²) in [6, 6.07) is 11.6. The lowest BCUT2D eigenvalue weighted by atomic mass is 10.1. The molecule has 1 unspecified atom stereocenters. The van der Waals surface area contributed by atoms with Crippen molar-refractivity contribution in [2.24, 2.45) is 0 Å². The Morgan fingerprint density at radius 2 is 2.04 bits per heavy atom. The van der Waals surface area contributed by atoms with Gasteiger partial charge in [0.25, 0.3) is 0 Å². The molecule has 3 rings (SSSR count). The van der Waals surface area contributed by atoms with Crippen LogP contribution in [-0.4, -0.2) is 11.1 Å². The predicted octanol–water partition coefficient (Wildman–Crippen LogP) is 4.35. The fourth-order valence-corrected chi connectivity index (χ4v) is 3.39. The molecule has 136 valence electrons. The molecule has 5 nitrogen and oxygen atoms in total. The molecule has 0 saturated carbocycles. The highest BCUT2D eigenvalue weighted by Crippen LogP contribution is 2.20. The maximum atomic E-state index is 12.2. The summed E-state index contributed by atoms with van der Waals surface area (Å²) in [4.78, 5) is 13.4. The van der Waals surface area contributed by atoms with E-state index in [2.05, 4.69) is 10.5 Å². The van der Waals surface area contributed by atoms with Crippen molar-refractivity contribution < 1.29 is 14.1 Å². The van der Waals surface area contributed by atoms with Gasteiger partial charge in [0.2, 0.25) is 5.91 Å². The molecule has 6 heteroatoms.